The van der Waals surface area contributed by atoms with Gasteiger partial charge in [0, 0.05) is 5.56 Å². The minimum Gasteiger partial charge on any atom is -0.508 e. The Labute approximate surface area is 141 Å². The number of hydrogen-bond acceptors (Lipinski definition) is 2. The Bertz CT molecular complexity index is 484. The first-order chi connectivity index (χ1) is 10.9. The van der Waals surface area contributed by atoms with E-state index in [1.54, 1.807) is 0 Å². The van der Waals surface area contributed by atoms with Crippen molar-refractivity contribution in [1.29, 1.82) is 0 Å². The fourth-order valence-electron chi connectivity index (χ4n) is 4.32. The largest absolute Gasteiger partial charge is 0.508 e. The number of phenolic OH excluding ortho intramolecular Hbond substituents is 2. The highest BCUT2D eigenvalue weighted by Gasteiger charge is 2.34. The molecule has 23 heavy (non-hydrogen) atoms. The normalized spacial score (nSPS) is 25.0. The average Bonchev–Trinajstić information content (AvgIpc) is 2.46. The zero-order chi connectivity index (χ0) is 17.0. The van der Waals surface area contributed by atoms with Crippen molar-refractivity contribution < 1.29 is 10.2 Å². The van der Waals surface area contributed by atoms with Gasteiger partial charge in [-0.1, -0.05) is 47.0 Å². The number of unbranched alkanes of at least 4 members (excludes halogenated alkanes) is 2. The lowest BCUT2D eigenvalue weighted by Gasteiger charge is -2.38. The second-order valence-corrected chi connectivity index (χ2v) is 7.94. The van der Waals surface area contributed by atoms with Crippen LogP contribution in [-0.4, -0.2) is 10.2 Å². The van der Waals surface area contributed by atoms with Gasteiger partial charge in [-0.05, 0) is 67.1 Å². The number of aromatic hydroxyl groups is 2. The van der Waals surface area contributed by atoms with Crippen molar-refractivity contribution >= 4 is 0 Å². The predicted octanol–water partition coefficient (Wildman–Crippen LogP) is 6.01. The molecule has 0 saturated heterocycles. The molecule has 2 nitrogen and oxygen atoms in total. The SMILES string of the molecule is CCCCCc1cc(O)c([C@@H]2C[C@@H](C)CC[C@H]2C(C)C)c(O)c1. The van der Waals surface area contributed by atoms with Crippen molar-refractivity contribution in [3.63, 3.8) is 0 Å². The molecular formula is C21H34O2. The van der Waals surface area contributed by atoms with Crippen LogP contribution in [0.4, 0.5) is 0 Å². The monoisotopic (exact) mass is 318 g/mol. The molecule has 0 radical (unpaired) electrons. The molecule has 1 aromatic carbocycles. The Morgan fingerprint density at radius 2 is 1.74 bits per heavy atom. The fraction of sp³-hybridized carbons (Fsp3) is 0.714. The number of aryl methyl sites for hydroxylation is 1. The Morgan fingerprint density at radius 3 is 2.30 bits per heavy atom. The molecule has 0 unspecified atom stereocenters. The summed E-state index contributed by atoms with van der Waals surface area (Å²) in [5.41, 5.74) is 1.86. The van der Waals surface area contributed by atoms with Crippen molar-refractivity contribution in [2.75, 3.05) is 0 Å². The predicted molar refractivity (Wildman–Crippen MR) is 97.1 cm³/mol. The van der Waals surface area contributed by atoms with Crippen LogP contribution in [0.1, 0.15) is 83.3 Å². The first-order valence-electron chi connectivity index (χ1n) is 9.48. The van der Waals surface area contributed by atoms with E-state index in [0.29, 0.717) is 29.3 Å². The zero-order valence-corrected chi connectivity index (χ0v) is 15.3. The maximum atomic E-state index is 10.6. The van der Waals surface area contributed by atoms with Crippen LogP contribution < -0.4 is 0 Å². The highest BCUT2D eigenvalue weighted by Crippen LogP contribution is 2.49. The summed E-state index contributed by atoms with van der Waals surface area (Å²) in [4.78, 5) is 0. The molecule has 0 amide bonds. The minimum atomic E-state index is 0.281. The van der Waals surface area contributed by atoms with Gasteiger partial charge in [0.25, 0.3) is 0 Å². The first-order valence-corrected chi connectivity index (χ1v) is 9.48. The van der Waals surface area contributed by atoms with E-state index in [-0.39, 0.29) is 5.92 Å². The molecule has 1 aliphatic carbocycles. The molecule has 0 aliphatic heterocycles. The van der Waals surface area contributed by atoms with E-state index in [2.05, 4.69) is 27.7 Å². The summed E-state index contributed by atoms with van der Waals surface area (Å²) >= 11 is 0. The van der Waals surface area contributed by atoms with Crippen LogP contribution in [0.3, 0.4) is 0 Å². The Kier molecular flexibility index (Phi) is 6.38. The molecule has 2 heteroatoms. The summed E-state index contributed by atoms with van der Waals surface area (Å²) in [5, 5.41) is 21.2. The lowest BCUT2D eigenvalue weighted by molar-refractivity contribution is 0.192. The molecule has 0 heterocycles. The Balaban J connectivity index is 2.26. The van der Waals surface area contributed by atoms with Gasteiger partial charge in [-0.15, -0.1) is 0 Å². The summed E-state index contributed by atoms with van der Waals surface area (Å²) in [7, 11) is 0. The van der Waals surface area contributed by atoms with E-state index in [1.807, 2.05) is 12.1 Å². The van der Waals surface area contributed by atoms with Crippen molar-refractivity contribution in [1.82, 2.24) is 0 Å². The van der Waals surface area contributed by atoms with Crippen LogP contribution >= 0.6 is 0 Å². The summed E-state index contributed by atoms with van der Waals surface area (Å²) in [6, 6.07) is 3.78. The average molecular weight is 319 g/mol. The third kappa shape index (κ3) is 4.43. The molecule has 130 valence electrons. The van der Waals surface area contributed by atoms with E-state index in [4.69, 9.17) is 0 Å². The molecule has 0 spiro atoms. The Hall–Kier alpha value is -1.18. The van der Waals surface area contributed by atoms with Crippen LogP contribution in [0.2, 0.25) is 0 Å². The van der Waals surface area contributed by atoms with Gasteiger partial charge in [0.15, 0.2) is 0 Å². The molecule has 3 atom stereocenters. The first kappa shape index (κ1) is 18.2. The van der Waals surface area contributed by atoms with Gasteiger partial charge in [0.05, 0.1) is 0 Å². The molecule has 1 fully saturated rings. The van der Waals surface area contributed by atoms with Gasteiger partial charge in [-0.3, -0.25) is 0 Å². The zero-order valence-electron chi connectivity index (χ0n) is 15.3. The van der Waals surface area contributed by atoms with Crippen molar-refractivity contribution in [3.8, 4) is 11.5 Å². The van der Waals surface area contributed by atoms with Gasteiger partial charge in [-0.2, -0.15) is 0 Å². The quantitative estimate of drug-likeness (QED) is 0.631. The second-order valence-electron chi connectivity index (χ2n) is 7.94. The highest BCUT2D eigenvalue weighted by molar-refractivity contribution is 5.49. The maximum Gasteiger partial charge on any atom is 0.123 e. The third-order valence-corrected chi connectivity index (χ3v) is 5.66. The van der Waals surface area contributed by atoms with Crippen molar-refractivity contribution in [2.45, 2.75) is 78.6 Å². The van der Waals surface area contributed by atoms with Crippen LogP contribution in [0.25, 0.3) is 0 Å². The van der Waals surface area contributed by atoms with E-state index in [0.717, 1.165) is 30.4 Å². The molecule has 1 aliphatic rings. The summed E-state index contributed by atoms with van der Waals surface area (Å²) in [5.74, 6) is 2.69. The van der Waals surface area contributed by atoms with Crippen LogP contribution in [0.5, 0.6) is 11.5 Å². The molecule has 2 rings (SSSR count). The van der Waals surface area contributed by atoms with Crippen LogP contribution in [0.15, 0.2) is 12.1 Å². The third-order valence-electron chi connectivity index (χ3n) is 5.66. The molecule has 1 saturated carbocycles. The van der Waals surface area contributed by atoms with E-state index >= 15 is 0 Å². The highest BCUT2D eigenvalue weighted by atomic mass is 16.3. The molecule has 0 aromatic heterocycles. The topological polar surface area (TPSA) is 40.5 Å². The van der Waals surface area contributed by atoms with Gasteiger partial charge in [-0.25, -0.2) is 0 Å². The molecular weight excluding hydrogens is 284 g/mol. The van der Waals surface area contributed by atoms with Gasteiger partial charge in [0.2, 0.25) is 0 Å². The summed E-state index contributed by atoms with van der Waals surface area (Å²) in [6.07, 6.45) is 7.95. The lowest BCUT2D eigenvalue weighted by Crippen LogP contribution is -2.26. The van der Waals surface area contributed by atoms with Crippen molar-refractivity contribution in [2.24, 2.45) is 17.8 Å². The van der Waals surface area contributed by atoms with E-state index in [1.165, 1.54) is 25.7 Å². The second kappa shape index (κ2) is 8.08. The number of benzene rings is 1. The maximum absolute atomic E-state index is 10.6. The van der Waals surface area contributed by atoms with E-state index < -0.39 is 0 Å². The van der Waals surface area contributed by atoms with Gasteiger partial charge < -0.3 is 10.2 Å². The smallest absolute Gasteiger partial charge is 0.123 e. The van der Waals surface area contributed by atoms with Crippen molar-refractivity contribution in [3.05, 3.63) is 23.3 Å². The van der Waals surface area contributed by atoms with Crippen LogP contribution in [0, 0.1) is 17.8 Å². The standard InChI is InChI=1S/C21H34O2/c1-5-6-7-8-16-12-19(22)21(20(23)13-16)18-11-15(4)9-10-17(18)14(2)3/h12-15,17-18,22-23H,5-11H2,1-4H3/t15-,17-,18+/m0/s1. The molecule has 2 N–H and O–H groups in total. The fourth-order valence-corrected chi connectivity index (χ4v) is 4.32. The molecule has 0 bridgehead atoms. The van der Waals surface area contributed by atoms with Crippen LogP contribution in [-0.2, 0) is 6.42 Å². The van der Waals surface area contributed by atoms with Gasteiger partial charge >= 0.3 is 0 Å². The van der Waals surface area contributed by atoms with E-state index in [9.17, 15) is 10.2 Å². The lowest BCUT2D eigenvalue weighted by atomic mass is 9.67. The molecule has 1 aromatic rings. The number of phenols is 2. The number of hydrogen-bond donors (Lipinski definition) is 2. The Morgan fingerprint density at radius 1 is 1.09 bits per heavy atom. The number of rotatable bonds is 6. The summed E-state index contributed by atoms with van der Waals surface area (Å²) in [6.45, 7) is 9.01. The minimum absolute atomic E-state index is 0.281. The van der Waals surface area contributed by atoms with Gasteiger partial charge in [0.1, 0.15) is 11.5 Å². The summed E-state index contributed by atoms with van der Waals surface area (Å²) < 4.78 is 0.